The molecule has 1 atom stereocenters. The van der Waals surface area contributed by atoms with E-state index in [-0.39, 0.29) is 0 Å². The van der Waals surface area contributed by atoms with Gasteiger partial charge < -0.3 is 0 Å². The zero-order chi connectivity index (χ0) is 21.3. The Bertz CT molecular complexity index is 269. The third-order valence-corrected chi connectivity index (χ3v) is 6.89. The molecule has 0 fully saturated rings. The van der Waals surface area contributed by atoms with Crippen LogP contribution in [-0.2, 0) is 0 Å². The molecule has 1 unspecified atom stereocenters. The van der Waals surface area contributed by atoms with Crippen LogP contribution in [0.25, 0.3) is 0 Å². The van der Waals surface area contributed by atoms with Crippen molar-refractivity contribution in [3.8, 4) is 0 Å². The van der Waals surface area contributed by atoms with Crippen LogP contribution in [0.3, 0.4) is 0 Å². The van der Waals surface area contributed by atoms with E-state index < -0.39 is 0 Å². The molecule has 0 aromatic heterocycles. The van der Waals surface area contributed by atoms with E-state index in [0.717, 1.165) is 12.3 Å². The molecule has 0 nitrogen and oxygen atoms in total. The zero-order valence-corrected chi connectivity index (χ0v) is 21.0. The average molecular weight is 408 g/mol. The minimum Gasteiger partial charge on any atom is -0.0651 e. The first-order valence-corrected chi connectivity index (χ1v) is 14.1. The zero-order valence-electron chi connectivity index (χ0n) is 21.0. The van der Waals surface area contributed by atoms with Gasteiger partial charge in [0, 0.05) is 0 Å². The van der Waals surface area contributed by atoms with Crippen molar-refractivity contribution >= 4 is 0 Å². The van der Waals surface area contributed by atoms with E-state index in [1.807, 2.05) is 0 Å². The van der Waals surface area contributed by atoms with Crippen molar-refractivity contribution in [3.05, 3.63) is 6.92 Å². The first-order chi connectivity index (χ1) is 14.3. The van der Waals surface area contributed by atoms with Gasteiger partial charge in [0.25, 0.3) is 0 Å². The average Bonchev–Trinajstić information content (AvgIpc) is 2.74. The summed E-state index contributed by atoms with van der Waals surface area (Å²) in [6, 6.07) is 0. The Morgan fingerprint density at radius 3 is 0.897 bits per heavy atom. The normalized spacial score (nSPS) is 12.5. The molecule has 0 rings (SSSR count). The van der Waals surface area contributed by atoms with Crippen LogP contribution in [-0.4, -0.2) is 0 Å². The van der Waals surface area contributed by atoms with E-state index >= 15 is 0 Å². The molecule has 175 valence electrons. The van der Waals surface area contributed by atoms with Gasteiger partial charge in [0.15, 0.2) is 0 Å². The van der Waals surface area contributed by atoms with E-state index in [1.165, 1.54) is 154 Å². The summed E-state index contributed by atoms with van der Waals surface area (Å²) in [6.45, 7) is 8.64. The Labute approximate surface area is 187 Å². The minimum absolute atomic E-state index is 0.948. The summed E-state index contributed by atoms with van der Waals surface area (Å²) in [6.07, 6.45) is 36.2. The van der Waals surface area contributed by atoms with E-state index in [4.69, 9.17) is 0 Å². The van der Waals surface area contributed by atoms with Gasteiger partial charge in [-0.3, -0.25) is 0 Å². The van der Waals surface area contributed by atoms with E-state index in [0.29, 0.717) is 0 Å². The van der Waals surface area contributed by atoms with Crippen LogP contribution in [0.1, 0.15) is 174 Å². The molecule has 0 aromatic rings. The lowest BCUT2D eigenvalue weighted by molar-refractivity contribution is 0.468. The van der Waals surface area contributed by atoms with Gasteiger partial charge in [-0.05, 0) is 5.92 Å². The maximum Gasteiger partial charge on any atom is -0.0445 e. The molecule has 0 saturated carbocycles. The molecule has 0 amide bonds. The Balaban J connectivity index is 3.00. The van der Waals surface area contributed by atoms with Crippen LogP contribution >= 0.6 is 0 Å². The predicted molar refractivity (Wildman–Crippen MR) is 136 cm³/mol. The molecule has 0 heteroatoms. The van der Waals surface area contributed by atoms with Crippen LogP contribution in [0.5, 0.6) is 0 Å². The maximum absolute atomic E-state index is 3.92. The third-order valence-electron chi connectivity index (χ3n) is 6.89. The lowest BCUT2D eigenvalue weighted by Crippen LogP contribution is -1.91. The molecule has 0 aromatic carbocycles. The largest absolute Gasteiger partial charge is 0.0651 e. The molecule has 0 heterocycles. The molecule has 0 bridgehead atoms. The van der Waals surface area contributed by atoms with E-state index in [9.17, 15) is 0 Å². The summed E-state index contributed by atoms with van der Waals surface area (Å²) in [5.74, 6) is 0.948. The molecule has 0 aliphatic heterocycles. The number of rotatable bonds is 25. The van der Waals surface area contributed by atoms with Crippen molar-refractivity contribution in [2.24, 2.45) is 5.92 Å². The fourth-order valence-electron chi connectivity index (χ4n) is 4.41. The Morgan fingerprint density at radius 2 is 0.655 bits per heavy atom. The topological polar surface area (TPSA) is 0 Å². The van der Waals surface area contributed by atoms with Crippen molar-refractivity contribution in [2.75, 3.05) is 0 Å². The number of hydrogen-bond donors (Lipinski definition) is 0. The van der Waals surface area contributed by atoms with Gasteiger partial charge in [-0.1, -0.05) is 181 Å². The lowest BCUT2D eigenvalue weighted by atomic mass is 9.99. The van der Waals surface area contributed by atoms with Crippen molar-refractivity contribution < 1.29 is 0 Å². The number of hydrogen-bond acceptors (Lipinski definition) is 0. The molecule has 1 radical (unpaired) electrons. The highest BCUT2D eigenvalue weighted by molar-refractivity contribution is 4.53. The van der Waals surface area contributed by atoms with Crippen LogP contribution in [0, 0.1) is 12.8 Å². The predicted octanol–water partition coefficient (Wildman–Crippen LogP) is 11.2. The summed E-state index contributed by atoms with van der Waals surface area (Å²) < 4.78 is 0. The molecule has 0 aliphatic carbocycles. The Morgan fingerprint density at radius 1 is 0.414 bits per heavy atom. The standard InChI is InChI=1S/C29H59/c1-4-6-7-8-9-10-11-12-13-14-15-16-17-18-19-20-21-22-23-24-25-26-27-28-29(3)5-2/h29H,1,4-28H2,2-3H3. The van der Waals surface area contributed by atoms with Crippen LogP contribution in [0.4, 0.5) is 0 Å². The Hall–Kier alpha value is 0. The van der Waals surface area contributed by atoms with Gasteiger partial charge in [0.05, 0.1) is 0 Å². The molecule has 0 spiro atoms. The summed E-state index contributed by atoms with van der Waals surface area (Å²) in [5, 5.41) is 0. The first-order valence-electron chi connectivity index (χ1n) is 14.1. The second-order valence-corrected chi connectivity index (χ2v) is 9.93. The fourth-order valence-corrected chi connectivity index (χ4v) is 4.41. The lowest BCUT2D eigenvalue weighted by Gasteiger charge is -2.07. The van der Waals surface area contributed by atoms with Crippen molar-refractivity contribution in [2.45, 2.75) is 174 Å². The Kier molecular flexibility index (Phi) is 26.0. The molecule has 0 N–H and O–H groups in total. The van der Waals surface area contributed by atoms with E-state index in [1.54, 1.807) is 0 Å². The second-order valence-electron chi connectivity index (χ2n) is 9.93. The van der Waals surface area contributed by atoms with Gasteiger partial charge in [-0.15, -0.1) is 0 Å². The van der Waals surface area contributed by atoms with E-state index in [2.05, 4.69) is 20.8 Å². The quantitative estimate of drug-likeness (QED) is 0.132. The summed E-state index contributed by atoms with van der Waals surface area (Å²) in [7, 11) is 0. The minimum atomic E-state index is 0.948. The van der Waals surface area contributed by atoms with Gasteiger partial charge in [-0.2, -0.15) is 0 Å². The van der Waals surface area contributed by atoms with Gasteiger partial charge in [0.1, 0.15) is 0 Å². The molecule has 29 heavy (non-hydrogen) atoms. The van der Waals surface area contributed by atoms with Crippen molar-refractivity contribution in [1.82, 2.24) is 0 Å². The molecule has 0 aliphatic rings. The van der Waals surface area contributed by atoms with Crippen LogP contribution < -0.4 is 0 Å². The SMILES string of the molecule is [CH2]CCCCCCCCCCCCCCCCCCCCCCCCC(C)CC. The van der Waals surface area contributed by atoms with Crippen LogP contribution in [0.2, 0.25) is 0 Å². The second kappa shape index (κ2) is 26.0. The van der Waals surface area contributed by atoms with Crippen molar-refractivity contribution in [3.63, 3.8) is 0 Å². The number of unbranched alkanes of at least 4 members (excludes halogenated alkanes) is 22. The third kappa shape index (κ3) is 26.0. The highest BCUT2D eigenvalue weighted by atomic mass is 14.0. The maximum atomic E-state index is 3.92. The molecule has 0 saturated heterocycles. The van der Waals surface area contributed by atoms with Gasteiger partial charge in [-0.25, -0.2) is 0 Å². The summed E-state index contributed by atoms with van der Waals surface area (Å²) in [4.78, 5) is 0. The van der Waals surface area contributed by atoms with Crippen LogP contribution in [0.15, 0.2) is 0 Å². The summed E-state index contributed by atoms with van der Waals surface area (Å²) in [5.41, 5.74) is 0. The summed E-state index contributed by atoms with van der Waals surface area (Å²) >= 11 is 0. The highest BCUT2D eigenvalue weighted by Crippen LogP contribution is 2.16. The van der Waals surface area contributed by atoms with Gasteiger partial charge in [0.2, 0.25) is 0 Å². The monoisotopic (exact) mass is 407 g/mol. The highest BCUT2D eigenvalue weighted by Gasteiger charge is 1.98. The van der Waals surface area contributed by atoms with Crippen molar-refractivity contribution in [1.29, 1.82) is 0 Å². The first kappa shape index (κ1) is 29.0. The molecular weight excluding hydrogens is 348 g/mol. The smallest absolute Gasteiger partial charge is 0.0445 e. The van der Waals surface area contributed by atoms with Gasteiger partial charge >= 0.3 is 0 Å². The molecular formula is C29H59. The fraction of sp³-hybridized carbons (Fsp3) is 0.966.